The van der Waals surface area contributed by atoms with Crippen molar-refractivity contribution in [1.82, 2.24) is 0 Å². The van der Waals surface area contributed by atoms with Crippen molar-refractivity contribution < 1.29 is 24.1 Å². The van der Waals surface area contributed by atoms with Crippen molar-refractivity contribution in [2.45, 2.75) is 50.1 Å². The van der Waals surface area contributed by atoms with Gasteiger partial charge >= 0.3 is 5.97 Å². The highest BCUT2D eigenvalue weighted by atomic mass is 16.7. The molecule has 0 bridgehead atoms. The molecule has 5 heteroatoms. The van der Waals surface area contributed by atoms with Crippen LogP contribution >= 0.6 is 0 Å². The molecule has 0 aromatic heterocycles. The molecule has 0 aliphatic carbocycles. The number of ether oxygens (including phenoxy) is 3. The zero-order valence-corrected chi connectivity index (χ0v) is 31.0. The van der Waals surface area contributed by atoms with Gasteiger partial charge in [-0.05, 0) is 52.6 Å². The Morgan fingerprint density at radius 2 is 0.815 bits per heavy atom. The summed E-state index contributed by atoms with van der Waals surface area (Å²) in [6.07, 6.45) is 1.43. The van der Waals surface area contributed by atoms with Gasteiger partial charge in [-0.1, -0.05) is 189 Å². The fourth-order valence-corrected chi connectivity index (χ4v) is 8.28. The van der Waals surface area contributed by atoms with Gasteiger partial charge in [0.1, 0.15) is 11.2 Å². The van der Waals surface area contributed by atoms with Crippen molar-refractivity contribution in [3.8, 4) is 0 Å². The minimum absolute atomic E-state index is 0.258. The molecule has 1 N–H and O–H groups in total. The molecule has 1 heterocycles. The second kappa shape index (κ2) is 16.0. The molecule has 5 nitrogen and oxygen atoms in total. The highest BCUT2D eigenvalue weighted by Gasteiger charge is 2.60. The van der Waals surface area contributed by atoms with Crippen LogP contribution in [0.5, 0.6) is 0 Å². The first-order valence-corrected chi connectivity index (χ1v) is 18.9. The van der Waals surface area contributed by atoms with Crippen LogP contribution < -0.4 is 0 Å². The van der Waals surface area contributed by atoms with E-state index in [1.807, 2.05) is 116 Å². The molecule has 1 saturated heterocycles. The van der Waals surface area contributed by atoms with Crippen molar-refractivity contribution >= 4 is 5.97 Å². The Kier molecular flexibility index (Phi) is 10.9. The predicted octanol–water partition coefficient (Wildman–Crippen LogP) is 10.1. The highest BCUT2D eigenvalue weighted by Crippen LogP contribution is 2.52. The molecule has 274 valence electrons. The summed E-state index contributed by atoms with van der Waals surface area (Å²) in [5.74, 6) is -2.65. The molecular weight excluding hydrogens is 669 g/mol. The molecule has 1 aliphatic rings. The van der Waals surface area contributed by atoms with Gasteiger partial charge in [0.15, 0.2) is 0 Å². The van der Waals surface area contributed by atoms with Crippen LogP contribution in [0, 0.1) is 11.3 Å². The lowest BCUT2D eigenvalue weighted by atomic mass is 9.69. The summed E-state index contributed by atoms with van der Waals surface area (Å²) in [6, 6.07) is 61.5. The van der Waals surface area contributed by atoms with Crippen LogP contribution in [0.15, 0.2) is 182 Å². The first-order chi connectivity index (χ1) is 26.3. The van der Waals surface area contributed by atoms with Crippen molar-refractivity contribution in [3.05, 3.63) is 215 Å². The normalized spacial score (nSPS) is 20.1. The molecule has 6 aromatic carbocycles. The minimum Gasteiger partial charge on any atom is -0.433 e. The van der Waals surface area contributed by atoms with E-state index in [1.54, 1.807) is 6.92 Å². The van der Waals surface area contributed by atoms with Gasteiger partial charge in [0, 0.05) is 25.6 Å². The second-order valence-corrected chi connectivity index (χ2v) is 14.5. The number of carbonyl (C=O) groups excluding carboxylic acids is 1. The van der Waals surface area contributed by atoms with Gasteiger partial charge in [0.2, 0.25) is 5.79 Å². The van der Waals surface area contributed by atoms with Crippen molar-refractivity contribution in [2.24, 2.45) is 11.3 Å². The van der Waals surface area contributed by atoms with E-state index in [0.717, 1.165) is 33.4 Å². The number of esters is 1. The van der Waals surface area contributed by atoms with E-state index in [-0.39, 0.29) is 6.61 Å². The second-order valence-electron chi connectivity index (χ2n) is 14.5. The van der Waals surface area contributed by atoms with Crippen LogP contribution in [0.1, 0.15) is 66.5 Å². The standard InChI is InChI=1S/C49H48O5/c1-46(35-37-53-49(41-28-15-6-16-29-41,42-30-17-7-18-31-42)43-32-19-8-20-33-43)44(45(50)54-47(46,2)51)34-21-36-52-48(38-22-9-3-10-23-38,39-24-11-4-12-25-39)40-26-13-5-14-27-40/h3-20,22-33,44,51H,21,34-37H2,1-2H3/t44-,46+,47?/m1/s1. The van der Waals surface area contributed by atoms with Gasteiger partial charge in [-0.2, -0.15) is 0 Å². The fourth-order valence-electron chi connectivity index (χ4n) is 8.28. The van der Waals surface area contributed by atoms with Gasteiger partial charge in [-0.3, -0.25) is 4.79 Å². The zero-order valence-electron chi connectivity index (χ0n) is 31.0. The fraction of sp³-hybridized carbons (Fsp3) is 0.245. The quantitative estimate of drug-likeness (QED) is 0.0651. The molecule has 0 spiro atoms. The molecule has 0 saturated carbocycles. The highest BCUT2D eigenvalue weighted by molar-refractivity contribution is 5.76. The van der Waals surface area contributed by atoms with Crippen LogP contribution in [0.25, 0.3) is 0 Å². The molecule has 0 radical (unpaired) electrons. The summed E-state index contributed by atoms with van der Waals surface area (Å²) in [6.45, 7) is 4.18. The number of benzene rings is 6. The first-order valence-electron chi connectivity index (χ1n) is 18.9. The molecule has 1 aliphatic heterocycles. The monoisotopic (exact) mass is 716 g/mol. The number of rotatable bonds is 15. The van der Waals surface area contributed by atoms with Crippen molar-refractivity contribution in [3.63, 3.8) is 0 Å². The van der Waals surface area contributed by atoms with Gasteiger partial charge in [0.05, 0.1) is 5.92 Å². The zero-order chi connectivity index (χ0) is 37.5. The van der Waals surface area contributed by atoms with Gasteiger partial charge in [0.25, 0.3) is 0 Å². The van der Waals surface area contributed by atoms with E-state index in [9.17, 15) is 9.90 Å². The Bertz CT molecular complexity index is 1880. The van der Waals surface area contributed by atoms with Crippen LogP contribution in [-0.2, 0) is 30.2 Å². The third-order valence-corrected chi connectivity index (χ3v) is 11.4. The number of aliphatic hydroxyl groups is 1. The van der Waals surface area contributed by atoms with Crippen LogP contribution in [0.3, 0.4) is 0 Å². The predicted molar refractivity (Wildman–Crippen MR) is 212 cm³/mol. The summed E-state index contributed by atoms with van der Waals surface area (Å²) in [5, 5.41) is 11.7. The molecule has 7 rings (SSSR count). The maximum atomic E-state index is 13.6. The Balaban J connectivity index is 1.15. The Hall–Kier alpha value is -5.33. The molecule has 1 unspecified atom stereocenters. The third-order valence-electron chi connectivity index (χ3n) is 11.4. The van der Waals surface area contributed by atoms with Crippen LogP contribution in [-0.4, -0.2) is 30.1 Å². The molecule has 54 heavy (non-hydrogen) atoms. The Labute approximate surface area is 319 Å². The molecule has 3 atom stereocenters. The van der Waals surface area contributed by atoms with Crippen molar-refractivity contribution in [2.75, 3.05) is 13.2 Å². The summed E-state index contributed by atoms with van der Waals surface area (Å²) in [7, 11) is 0. The smallest absolute Gasteiger partial charge is 0.312 e. The summed E-state index contributed by atoms with van der Waals surface area (Å²) in [4.78, 5) is 13.6. The molecule has 0 amide bonds. The molecular formula is C49H48O5. The van der Waals surface area contributed by atoms with Crippen LogP contribution in [0.4, 0.5) is 0 Å². The van der Waals surface area contributed by atoms with E-state index in [0.29, 0.717) is 25.9 Å². The van der Waals surface area contributed by atoms with E-state index in [2.05, 4.69) is 72.8 Å². The topological polar surface area (TPSA) is 65.0 Å². The number of hydrogen-bond donors (Lipinski definition) is 1. The lowest BCUT2D eigenvalue weighted by molar-refractivity contribution is -0.217. The average molecular weight is 717 g/mol. The lowest BCUT2D eigenvalue weighted by Crippen LogP contribution is -2.45. The minimum atomic E-state index is -1.68. The Morgan fingerprint density at radius 3 is 1.13 bits per heavy atom. The maximum absolute atomic E-state index is 13.6. The molecule has 1 fully saturated rings. The number of carbonyl (C=O) groups is 1. The summed E-state index contributed by atoms with van der Waals surface area (Å²) >= 11 is 0. The molecule has 6 aromatic rings. The van der Waals surface area contributed by atoms with E-state index in [4.69, 9.17) is 14.2 Å². The van der Waals surface area contributed by atoms with Gasteiger partial charge in [-0.25, -0.2) is 0 Å². The maximum Gasteiger partial charge on any atom is 0.312 e. The van der Waals surface area contributed by atoms with E-state index >= 15 is 0 Å². The van der Waals surface area contributed by atoms with Crippen LogP contribution in [0.2, 0.25) is 0 Å². The largest absolute Gasteiger partial charge is 0.433 e. The summed E-state index contributed by atoms with van der Waals surface area (Å²) < 4.78 is 19.9. The van der Waals surface area contributed by atoms with Gasteiger partial charge in [-0.15, -0.1) is 0 Å². The Morgan fingerprint density at radius 1 is 0.519 bits per heavy atom. The lowest BCUT2D eigenvalue weighted by Gasteiger charge is -2.40. The van der Waals surface area contributed by atoms with Crippen molar-refractivity contribution in [1.29, 1.82) is 0 Å². The third kappa shape index (κ3) is 6.91. The SMILES string of the molecule is CC1(O)OC(=O)[C@@H](CCCOC(c2ccccc2)(c2ccccc2)c2ccccc2)[C@]1(C)CCOC(c1ccccc1)(c1ccccc1)c1ccccc1. The number of cyclic esters (lactones) is 1. The first kappa shape index (κ1) is 37.0. The summed E-state index contributed by atoms with van der Waals surface area (Å²) in [5.41, 5.74) is 3.31. The average Bonchev–Trinajstić information content (AvgIpc) is 3.40. The number of hydrogen-bond acceptors (Lipinski definition) is 5. The van der Waals surface area contributed by atoms with E-state index < -0.39 is 34.3 Å². The van der Waals surface area contributed by atoms with E-state index in [1.165, 1.54) is 0 Å². The van der Waals surface area contributed by atoms with Gasteiger partial charge < -0.3 is 19.3 Å².